The third-order valence-electron chi connectivity index (χ3n) is 2.96. The van der Waals surface area contributed by atoms with Crippen LogP contribution in [0.2, 0.25) is 0 Å². The molecule has 0 bridgehead atoms. The zero-order chi connectivity index (χ0) is 14.4. The number of hydrogen-bond donors (Lipinski definition) is 1. The second-order valence-electron chi connectivity index (χ2n) is 4.46. The van der Waals surface area contributed by atoms with Crippen molar-refractivity contribution in [2.24, 2.45) is 5.73 Å². The molecule has 0 fully saturated rings. The zero-order valence-corrected chi connectivity index (χ0v) is 12.5. The van der Waals surface area contributed by atoms with Crippen LogP contribution < -0.4 is 10.5 Å². The average molecular weight is 293 g/mol. The molecule has 1 aromatic heterocycles. The first-order valence-corrected chi connectivity index (χ1v) is 7.82. The van der Waals surface area contributed by atoms with Gasteiger partial charge in [0.2, 0.25) is 5.89 Å². The first-order valence-electron chi connectivity index (χ1n) is 6.43. The van der Waals surface area contributed by atoms with Crippen LogP contribution in [0.4, 0.5) is 0 Å². The highest BCUT2D eigenvalue weighted by Crippen LogP contribution is 2.17. The van der Waals surface area contributed by atoms with Crippen LogP contribution in [-0.4, -0.2) is 29.3 Å². The van der Waals surface area contributed by atoms with Gasteiger partial charge in [0.25, 0.3) is 0 Å². The summed E-state index contributed by atoms with van der Waals surface area (Å²) in [4.78, 5) is 4.36. The third kappa shape index (κ3) is 3.98. The topological polar surface area (TPSA) is 74.2 Å². The summed E-state index contributed by atoms with van der Waals surface area (Å²) in [6.45, 7) is 0. The number of nitrogens with two attached hydrogens (primary N) is 1. The quantitative estimate of drug-likeness (QED) is 0.845. The fourth-order valence-electron chi connectivity index (χ4n) is 1.78. The number of ether oxygens (including phenoxy) is 1. The van der Waals surface area contributed by atoms with E-state index in [1.807, 2.05) is 24.3 Å². The SMILES string of the molecule is COc1ccc(Cc2noc([C@H](N)CCSC)n2)cc1. The maximum absolute atomic E-state index is 6.00. The van der Waals surface area contributed by atoms with Crippen LogP contribution in [0.15, 0.2) is 28.8 Å². The normalized spacial score (nSPS) is 12.3. The van der Waals surface area contributed by atoms with Gasteiger partial charge in [-0.05, 0) is 36.1 Å². The molecule has 0 aliphatic carbocycles. The molecule has 2 aromatic rings. The number of rotatable bonds is 7. The number of hydrogen-bond acceptors (Lipinski definition) is 6. The Hall–Kier alpha value is -1.53. The van der Waals surface area contributed by atoms with Gasteiger partial charge in [-0.25, -0.2) is 0 Å². The Morgan fingerprint density at radius 1 is 1.35 bits per heavy atom. The highest BCUT2D eigenvalue weighted by atomic mass is 32.2. The van der Waals surface area contributed by atoms with Gasteiger partial charge in [-0.15, -0.1) is 0 Å². The fraction of sp³-hybridized carbons (Fsp3) is 0.429. The van der Waals surface area contributed by atoms with Crippen molar-refractivity contribution >= 4 is 11.8 Å². The molecule has 1 heterocycles. The molecule has 1 atom stereocenters. The van der Waals surface area contributed by atoms with Crippen molar-refractivity contribution in [2.45, 2.75) is 18.9 Å². The smallest absolute Gasteiger partial charge is 0.243 e. The summed E-state index contributed by atoms with van der Waals surface area (Å²) in [6, 6.07) is 7.63. The number of aromatic nitrogens is 2. The minimum absolute atomic E-state index is 0.181. The number of thioether (sulfide) groups is 1. The van der Waals surface area contributed by atoms with Gasteiger partial charge in [0.05, 0.1) is 13.2 Å². The van der Waals surface area contributed by atoms with Crippen molar-refractivity contribution in [2.75, 3.05) is 19.1 Å². The van der Waals surface area contributed by atoms with E-state index in [1.165, 1.54) is 0 Å². The second-order valence-corrected chi connectivity index (χ2v) is 5.45. The lowest BCUT2D eigenvalue weighted by Crippen LogP contribution is -2.11. The van der Waals surface area contributed by atoms with Crippen LogP contribution in [-0.2, 0) is 6.42 Å². The molecular formula is C14H19N3O2S. The Kier molecular flexibility index (Phi) is 5.43. The van der Waals surface area contributed by atoms with Gasteiger partial charge in [0.1, 0.15) is 5.75 Å². The molecule has 0 amide bonds. The summed E-state index contributed by atoms with van der Waals surface area (Å²) in [5, 5.41) is 3.98. The standard InChI is InChI=1S/C14H19N3O2S/c1-18-11-5-3-10(4-6-11)9-13-16-14(19-17-13)12(15)7-8-20-2/h3-6,12H,7-9,15H2,1-2H3/t12-/m1/s1. The Labute approximate surface area is 122 Å². The molecule has 0 aliphatic rings. The number of nitrogens with zero attached hydrogens (tertiary/aromatic N) is 2. The summed E-state index contributed by atoms with van der Waals surface area (Å²) in [5.74, 6) is 2.99. The van der Waals surface area contributed by atoms with Gasteiger partial charge in [-0.1, -0.05) is 17.3 Å². The van der Waals surface area contributed by atoms with Crippen molar-refractivity contribution in [3.05, 3.63) is 41.5 Å². The predicted octanol–water partition coefficient (Wildman–Crippen LogP) is 2.42. The molecule has 0 spiro atoms. The molecule has 0 saturated heterocycles. The van der Waals surface area contributed by atoms with Crippen LogP contribution in [0, 0.1) is 0 Å². The minimum atomic E-state index is -0.181. The Balaban J connectivity index is 1.97. The highest BCUT2D eigenvalue weighted by molar-refractivity contribution is 7.98. The van der Waals surface area contributed by atoms with Crippen molar-refractivity contribution in [1.29, 1.82) is 0 Å². The van der Waals surface area contributed by atoms with Crippen LogP contribution in [0.5, 0.6) is 5.75 Å². The van der Waals surface area contributed by atoms with E-state index < -0.39 is 0 Å². The van der Waals surface area contributed by atoms with E-state index in [-0.39, 0.29) is 6.04 Å². The van der Waals surface area contributed by atoms with Gasteiger partial charge in [-0.2, -0.15) is 16.7 Å². The fourth-order valence-corrected chi connectivity index (χ4v) is 2.27. The minimum Gasteiger partial charge on any atom is -0.497 e. The van der Waals surface area contributed by atoms with Crippen molar-refractivity contribution in [3.63, 3.8) is 0 Å². The third-order valence-corrected chi connectivity index (χ3v) is 3.60. The van der Waals surface area contributed by atoms with E-state index in [2.05, 4.69) is 16.4 Å². The van der Waals surface area contributed by atoms with Gasteiger partial charge in [-0.3, -0.25) is 0 Å². The molecule has 1 aromatic carbocycles. The Morgan fingerprint density at radius 3 is 2.75 bits per heavy atom. The lowest BCUT2D eigenvalue weighted by atomic mass is 10.1. The van der Waals surface area contributed by atoms with Gasteiger partial charge in [0, 0.05) is 6.42 Å². The van der Waals surface area contributed by atoms with E-state index in [9.17, 15) is 0 Å². The summed E-state index contributed by atoms with van der Waals surface area (Å²) < 4.78 is 10.3. The van der Waals surface area contributed by atoms with E-state index in [0.717, 1.165) is 23.5 Å². The first kappa shape index (κ1) is 14.9. The van der Waals surface area contributed by atoms with E-state index in [4.69, 9.17) is 15.0 Å². The summed E-state index contributed by atoms with van der Waals surface area (Å²) in [7, 11) is 1.65. The van der Waals surface area contributed by atoms with Crippen molar-refractivity contribution in [1.82, 2.24) is 10.1 Å². The van der Waals surface area contributed by atoms with Crippen molar-refractivity contribution < 1.29 is 9.26 Å². The average Bonchev–Trinajstić information content (AvgIpc) is 2.94. The monoisotopic (exact) mass is 293 g/mol. The maximum atomic E-state index is 6.00. The molecule has 0 unspecified atom stereocenters. The predicted molar refractivity (Wildman–Crippen MR) is 80.0 cm³/mol. The largest absolute Gasteiger partial charge is 0.497 e. The highest BCUT2D eigenvalue weighted by Gasteiger charge is 2.14. The molecule has 5 nitrogen and oxygen atoms in total. The van der Waals surface area contributed by atoms with Gasteiger partial charge < -0.3 is 15.0 Å². The van der Waals surface area contributed by atoms with Crippen LogP contribution >= 0.6 is 11.8 Å². The Morgan fingerprint density at radius 2 is 2.10 bits per heavy atom. The van der Waals surface area contributed by atoms with E-state index >= 15 is 0 Å². The summed E-state index contributed by atoms with van der Waals surface area (Å²) in [5.41, 5.74) is 7.11. The van der Waals surface area contributed by atoms with Gasteiger partial charge >= 0.3 is 0 Å². The molecule has 2 rings (SSSR count). The summed E-state index contributed by atoms with van der Waals surface area (Å²) >= 11 is 1.76. The van der Waals surface area contributed by atoms with Gasteiger partial charge in [0.15, 0.2) is 5.82 Å². The van der Waals surface area contributed by atoms with Crippen LogP contribution in [0.1, 0.15) is 29.7 Å². The molecular weight excluding hydrogens is 274 g/mol. The maximum Gasteiger partial charge on any atom is 0.243 e. The first-order chi connectivity index (χ1) is 9.72. The van der Waals surface area contributed by atoms with E-state index in [1.54, 1.807) is 18.9 Å². The Bertz CT molecular complexity index is 527. The number of benzene rings is 1. The molecule has 108 valence electrons. The van der Waals surface area contributed by atoms with Crippen molar-refractivity contribution in [3.8, 4) is 5.75 Å². The van der Waals surface area contributed by atoms with Crippen LogP contribution in [0.25, 0.3) is 0 Å². The molecule has 0 radical (unpaired) electrons. The zero-order valence-electron chi connectivity index (χ0n) is 11.7. The molecule has 2 N–H and O–H groups in total. The molecule has 0 saturated carbocycles. The number of methoxy groups -OCH3 is 1. The second kappa shape index (κ2) is 7.31. The summed E-state index contributed by atoms with van der Waals surface area (Å²) in [6.07, 6.45) is 3.52. The molecule has 6 heteroatoms. The lowest BCUT2D eigenvalue weighted by molar-refractivity contribution is 0.349. The van der Waals surface area contributed by atoms with Crippen LogP contribution in [0.3, 0.4) is 0 Å². The molecule has 20 heavy (non-hydrogen) atoms. The molecule has 0 aliphatic heterocycles. The lowest BCUT2D eigenvalue weighted by Gasteiger charge is -2.03. The van der Waals surface area contributed by atoms with E-state index in [0.29, 0.717) is 18.1 Å².